The minimum Gasteiger partial charge on any atom is -0.380 e. The van der Waals surface area contributed by atoms with Gasteiger partial charge in [0.15, 0.2) is 5.60 Å². The summed E-state index contributed by atoms with van der Waals surface area (Å²) in [4.78, 5) is 0. The first-order chi connectivity index (χ1) is 13.0. The van der Waals surface area contributed by atoms with E-state index in [0.29, 0.717) is 6.42 Å². The van der Waals surface area contributed by atoms with E-state index in [4.69, 9.17) is 23.2 Å². The lowest BCUT2D eigenvalue weighted by Gasteiger charge is -2.39. The van der Waals surface area contributed by atoms with Gasteiger partial charge in [-0.05, 0) is 47.6 Å². The van der Waals surface area contributed by atoms with Gasteiger partial charge in [0.1, 0.15) is 0 Å². The van der Waals surface area contributed by atoms with Crippen LogP contribution in [0.2, 0.25) is 10.0 Å². The fourth-order valence-electron chi connectivity index (χ4n) is 3.23. The molecule has 0 fully saturated rings. The van der Waals surface area contributed by atoms with E-state index in [2.05, 4.69) is 0 Å². The van der Waals surface area contributed by atoms with Gasteiger partial charge >= 0.3 is 6.18 Å². The van der Waals surface area contributed by atoms with Crippen LogP contribution in [-0.2, 0) is 11.8 Å². The number of rotatable bonds is 6. The van der Waals surface area contributed by atoms with Crippen LogP contribution in [0, 0.1) is 0 Å². The van der Waals surface area contributed by atoms with Gasteiger partial charge in [0.05, 0.1) is 0 Å². The third kappa shape index (κ3) is 6.13. The second kappa shape index (κ2) is 10.00. The molecule has 0 saturated carbocycles. The molecule has 6 heteroatoms. The van der Waals surface area contributed by atoms with Gasteiger partial charge in [-0.1, -0.05) is 81.2 Å². The van der Waals surface area contributed by atoms with Crippen molar-refractivity contribution in [3.63, 3.8) is 0 Å². The zero-order valence-electron chi connectivity index (χ0n) is 16.6. The van der Waals surface area contributed by atoms with Crippen molar-refractivity contribution >= 4 is 23.2 Å². The molecular weight excluding hydrogens is 408 g/mol. The van der Waals surface area contributed by atoms with Crippen LogP contribution in [0.15, 0.2) is 48.5 Å². The highest BCUT2D eigenvalue weighted by atomic mass is 35.5. The number of hydrogen-bond donors (Lipinski definition) is 1. The quantitative estimate of drug-likeness (QED) is 0.495. The minimum absolute atomic E-state index is 0.235. The summed E-state index contributed by atoms with van der Waals surface area (Å²) in [5.41, 5.74) is -2.74. The van der Waals surface area contributed by atoms with Crippen molar-refractivity contribution < 1.29 is 18.3 Å². The summed E-state index contributed by atoms with van der Waals surface area (Å²) >= 11 is 11.8. The van der Waals surface area contributed by atoms with Gasteiger partial charge in [0.2, 0.25) is 0 Å². The molecule has 2 aromatic rings. The van der Waals surface area contributed by atoms with Crippen molar-refractivity contribution in [3.8, 4) is 0 Å². The number of aliphatic hydroxyl groups is 1. The molecule has 2 atom stereocenters. The van der Waals surface area contributed by atoms with Gasteiger partial charge in [-0.3, -0.25) is 0 Å². The first-order valence-corrected chi connectivity index (χ1v) is 10.0. The second-order valence-electron chi connectivity index (χ2n) is 6.94. The van der Waals surface area contributed by atoms with E-state index < -0.39 is 30.0 Å². The molecule has 2 unspecified atom stereocenters. The van der Waals surface area contributed by atoms with Gasteiger partial charge in [0, 0.05) is 16.5 Å². The molecule has 0 bridgehead atoms. The van der Waals surface area contributed by atoms with Crippen LogP contribution in [-0.4, -0.2) is 16.9 Å². The summed E-state index contributed by atoms with van der Waals surface area (Å²) in [5, 5.41) is 11.2. The molecule has 2 rings (SSSR count). The molecule has 0 spiro atoms. The SMILES string of the molecule is CC.CCC(C)(CC(O)(Cc1cc(Cl)cc(Cl)c1)C(F)(F)F)c1ccccc1. The van der Waals surface area contributed by atoms with Crippen molar-refractivity contribution in [1.82, 2.24) is 0 Å². The molecule has 0 aliphatic rings. The predicted molar refractivity (Wildman–Crippen MR) is 111 cm³/mol. The zero-order valence-corrected chi connectivity index (χ0v) is 18.1. The number of benzene rings is 2. The highest BCUT2D eigenvalue weighted by Crippen LogP contribution is 2.44. The summed E-state index contributed by atoms with van der Waals surface area (Å²) in [6.07, 6.45) is -5.42. The number of alkyl halides is 3. The topological polar surface area (TPSA) is 20.2 Å². The van der Waals surface area contributed by atoms with Crippen LogP contribution in [0.5, 0.6) is 0 Å². The Morgan fingerprint density at radius 3 is 1.86 bits per heavy atom. The Morgan fingerprint density at radius 2 is 1.43 bits per heavy atom. The molecule has 0 aromatic heterocycles. The maximum Gasteiger partial charge on any atom is 0.417 e. The summed E-state index contributed by atoms with van der Waals surface area (Å²) < 4.78 is 41.6. The lowest BCUT2D eigenvalue weighted by Crippen LogP contribution is -2.51. The molecular formula is C22H27Cl2F3O. The monoisotopic (exact) mass is 434 g/mol. The van der Waals surface area contributed by atoms with Crippen LogP contribution in [0.1, 0.15) is 51.7 Å². The third-order valence-corrected chi connectivity index (χ3v) is 5.32. The maximum atomic E-state index is 13.9. The van der Waals surface area contributed by atoms with Crippen molar-refractivity contribution in [2.45, 2.75) is 64.1 Å². The van der Waals surface area contributed by atoms with E-state index in [0.717, 1.165) is 5.56 Å². The fourth-order valence-corrected chi connectivity index (χ4v) is 3.80. The van der Waals surface area contributed by atoms with E-state index in [1.165, 1.54) is 18.2 Å². The van der Waals surface area contributed by atoms with Gasteiger partial charge in [-0.15, -0.1) is 0 Å². The zero-order chi connectivity index (χ0) is 21.6. The molecule has 28 heavy (non-hydrogen) atoms. The first kappa shape index (κ1) is 24.8. The molecule has 0 aliphatic carbocycles. The predicted octanol–water partition coefficient (Wildman–Crippen LogP) is 7.61. The van der Waals surface area contributed by atoms with Gasteiger partial charge < -0.3 is 5.11 Å². The van der Waals surface area contributed by atoms with Crippen LogP contribution >= 0.6 is 23.2 Å². The van der Waals surface area contributed by atoms with Crippen molar-refractivity contribution in [1.29, 1.82) is 0 Å². The van der Waals surface area contributed by atoms with Gasteiger partial charge in [0.25, 0.3) is 0 Å². The molecule has 1 N–H and O–H groups in total. The third-order valence-electron chi connectivity index (χ3n) is 4.88. The molecule has 1 nitrogen and oxygen atoms in total. The van der Waals surface area contributed by atoms with Crippen molar-refractivity contribution in [2.75, 3.05) is 0 Å². The van der Waals surface area contributed by atoms with E-state index in [1.54, 1.807) is 31.2 Å². The number of halogens is 5. The Hall–Kier alpha value is -1.23. The van der Waals surface area contributed by atoms with Crippen molar-refractivity contribution in [3.05, 3.63) is 69.7 Å². The van der Waals surface area contributed by atoms with Crippen LogP contribution in [0.4, 0.5) is 13.2 Å². The van der Waals surface area contributed by atoms with Gasteiger partial charge in [-0.2, -0.15) is 13.2 Å². The fraction of sp³-hybridized carbons (Fsp3) is 0.455. The molecule has 0 amide bonds. The standard InChI is InChI=1S/C20H21Cl2F3O.C2H6/c1-3-18(2,15-7-5-4-6-8-15)13-19(26,20(23,24)25)12-14-9-16(21)11-17(22)10-14;1-2/h4-11,26H,3,12-13H2,1-2H3;1-2H3. The summed E-state index contributed by atoms with van der Waals surface area (Å²) in [6.45, 7) is 7.56. The largest absolute Gasteiger partial charge is 0.417 e. The van der Waals surface area contributed by atoms with Crippen LogP contribution in [0.3, 0.4) is 0 Å². The Morgan fingerprint density at radius 1 is 0.929 bits per heavy atom. The second-order valence-corrected chi connectivity index (χ2v) is 7.81. The highest BCUT2D eigenvalue weighted by molar-refractivity contribution is 6.34. The molecule has 0 radical (unpaired) electrons. The molecule has 0 saturated heterocycles. The van der Waals surface area contributed by atoms with Crippen LogP contribution < -0.4 is 0 Å². The Labute approximate surface area is 175 Å². The normalized spacial score (nSPS) is 15.8. The Bertz CT molecular complexity index is 729. The van der Waals surface area contributed by atoms with E-state index in [1.807, 2.05) is 26.8 Å². The van der Waals surface area contributed by atoms with Crippen LogP contribution in [0.25, 0.3) is 0 Å². The summed E-state index contributed by atoms with van der Waals surface area (Å²) in [6, 6.07) is 13.2. The maximum absolute atomic E-state index is 13.9. The molecule has 0 heterocycles. The average molecular weight is 435 g/mol. The molecule has 156 valence electrons. The average Bonchev–Trinajstić information content (AvgIpc) is 2.62. The van der Waals surface area contributed by atoms with Gasteiger partial charge in [-0.25, -0.2) is 0 Å². The van der Waals surface area contributed by atoms with E-state index in [9.17, 15) is 18.3 Å². The lowest BCUT2D eigenvalue weighted by atomic mass is 9.70. The number of hydrogen-bond acceptors (Lipinski definition) is 1. The highest BCUT2D eigenvalue weighted by Gasteiger charge is 2.56. The Kier molecular flexibility index (Phi) is 8.86. The molecule has 2 aromatic carbocycles. The van der Waals surface area contributed by atoms with E-state index >= 15 is 0 Å². The summed E-state index contributed by atoms with van der Waals surface area (Å²) in [7, 11) is 0. The first-order valence-electron chi connectivity index (χ1n) is 9.29. The van der Waals surface area contributed by atoms with Crippen molar-refractivity contribution in [2.24, 2.45) is 0 Å². The minimum atomic E-state index is -4.80. The smallest absolute Gasteiger partial charge is 0.380 e. The Balaban J connectivity index is 0.00000190. The molecule has 0 aliphatic heterocycles. The summed E-state index contributed by atoms with van der Waals surface area (Å²) in [5.74, 6) is 0. The van der Waals surface area contributed by atoms with E-state index in [-0.39, 0.29) is 15.6 Å². The lowest BCUT2D eigenvalue weighted by molar-refractivity contribution is -0.266.